The molecule has 1 aliphatic rings. The van der Waals surface area contributed by atoms with Crippen molar-refractivity contribution in [1.29, 1.82) is 0 Å². The van der Waals surface area contributed by atoms with Gasteiger partial charge in [0.25, 0.3) is 11.5 Å². The molecule has 1 atom stereocenters. The van der Waals surface area contributed by atoms with E-state index in [0.717, 1.165) is 16.8 Å². The Hall–Kier alpha value is -3.16. The summed E-state index contributed by atoms with van der Waals surface area (Å²) in [5.74, 6) is -0.107. The van der Waals surface area contributed by atoms with Crippen molar-refractivity contribution in [3.8, 4) is 0 Å². The molecule has 0 aliphatic carbocycles. The first-order valence-corrected chi connectivity index (χ1v) is 12.8. The standard InChI is InChI=1S/C27H29ClN4O2S/c1-6-31(7-2)26(34)23-17(3)29-27-32(24(23)19-10-12-20(28)13-11-19)25(33)22(35-27)16-18-8-14-21(15-9-18)30(4)5/h8-16,24H,6-7H2,1-5H3/b22-16+/t24-/m1/s1. The Bertz CT molecular complexity index is 1450. The van der Waals surface area contributed by atoms with Crippen molar-refractivity contribution in [2.75, 3.05) is 32.1 Å². The largest absolute Gasteiger partial charge is 0.378 e. The van der Waals surface area contributed by atoms with Gasteiger partial charge in [0.05, 0.1) is 21.8 Å². The van der Waals surface area contributed by atoms with Crippen LogP contribution in [-0.2, 0) is 4.79 Å². The SMILES string of the molecule is CCN(CC)C(=O)C1=C(C)N=c2s/c(=C/c3ccc(N(C)C)cc3)c(=O)n2[C@@H]1c1ccc(Cl)cc1. The lowest BCUT2D eigenvalue weighted by molar-refractivity contribution is -0.127. The molecule has 0 saturated heterocycles. The van der Waals surface area contributed by atoms with Crippen molar-refractivity contribution < 1.29 is 4.79 Å². The quantitative estimate of drug-likeness (QED) is 0.508. The van der Waals surface area contributed by atoms with Crippen LogP contribution in [0.1, 0.15) is 37.9 Å². The summed E-state index contributed by atoms with van der Waals surface area (Å²) in [7, 11) is 3.98. The lowest BCUT2D eigenvalue weighted by atomic mass is 9.94. The van der Waals surface area contributed by atoms with Gasteiger partial charge >= 0.3 is 0 Å². The van der Waals surface area contributed by atoms with Gasteiger partial charge in [-0.3, -0.25) is 14.2 Å². The number of carbonyl (C=O) groups excluding carboxylic acids is 1. The Kier molecular flexibility index (Phi) is 7.28. The summed E-state index contributed by atoms with van der Waals surface area (Å²) in [6.07, 6.45) is 1.88. The number of hydrogen-bond acceptors (Lipinski definition) is 5. The number of anilines is 1. The van der Waals surface area contributed by atoms with Crippen molar-refractivity contribution in [2.45, 2.75) is 26.8 Å². The topological polar surface area (TPSA) is 57.9 Å². The summed E-state index contributed by atoms with van der Waals surface area (Å²) in [6.45, 7) is 6.90. The molecule has 3 aromatic rings. The zero-order chi connectivity index (χ0) is 25.3. The second-order valence-corrected chi connectivity index (χ2v) is 10.0. The average molecular weight is 509 g/mol. The predicted octanol–water partition coefficient (Wildman–Crippen LogP) is 3.82. The molecule has 0 bridgehead atoms. The minimum atomic E-state index is -0.574. The van der Waals surface area contributed by atoms with E-state index >= 15 is 0 Å². The fraction of sp³-hybridized carbons (Fsp3) is 0.296. The summed E-state index contributed by atoms with van der Waals surface area (Å²) in [6, 6.07) is 14.8. The van der Waals surface area contributed by atoms with Gasteiger partial charge in [0.15, 0.2) is 4.80 Å². The first-order chi connectivity index (χ1) is 16.7. The molecule has 182 valence electrons. The van der Waals surface area contributed by atoms with Crippen LogP contribution >= 0.6 is 22.9 Å². The van der Waals surface area contributed by atoms with E-state index in [2.05, 4.69) is 0 Å². The normalized spacial score (nSPS) is 15.6. The molecule has 0 radical (unpaired) electrons. The van der Waals surface area contributed by atoms with E-state index in [4.69, 9.17) is 16.6 Å². The average Bonchev–Trinajstić information content (AvgIpc) is 3.14. The maximum atomic E-state index is 13.7. The molecular weight excluding hydrogens is 480 g/mol. The lowest BCUT2D eigenvalue weighted by Crippen LogP contribution is -2.43. The maximum absolute atomic E-state index is 13.7. The minimum Gasteiger partial charge on any atom is -0.378 e. The molecule has 35 heavy (non-hydrogen) atoms. The van der Waals surface area contributed by atoms with E-state index in [1.807, 2.05) is 82.2 Å². The molecule has 2 heterocycles. The number of rotatable bonds is 6. The van der Waals surface area contributed by atoms with E-state index in [9.17, 15) is 9.59 Å². The van der Waals surface area contributed by atoms with Crippen molar-refractivity contribution in [2.24, 2.45) is 4.99 Å². The highest BCUT2D eigenvalue weighted by molar-refractivity contribution is 7.07. The number of carbonyl (C=O) groups is 1. The molecule has 1 amide bonds. The van der Waals surface area contributed by atoms with E-state index in [0.29, 0.717) is 38.7 Å². The molecule has 0 saturated carbocycles. The summed E-state index contributed by atoms with van der Waals surface area (Å²) in [5, 5.41) is 0.597. The Labute approximate surface area is 214 Å². The zero-order valence-corrected chi connectivity index (χ0v) is 22.2. The summed E-state index contributed by atoms with van der Waals surface area (Å²) >= 11 is 7.49. The van der Waals surface area contributed by atoms with Gasteiger partial charge in [-0.15, -0.1) is 0 Å². The number of likely N-dealkylation sites (N-methyl/N-ethyl adjacent to an activating group) is 1. The predicted molar refractivity (Wildman–Crippen MR) is 144 cm³/mol. The number of fused-ring (bicyclic) bond motifs is 1. The van der Waals surface area contributed by atoms with Crippen molar-refractivity contribution in [1.82, 2.24) is 9.47 Å². The van der Waals surface area contributed by atoms with Crippen molar-refractivity contribution >= 4 is 40.6 Å². The van der Waals surface area contributed by atoms with Gasteiger partial charge in [-0.25, -0.2) is 4.99 Å². The maximum Gasteiger partial charge on any atom is 0.271 e. The Balaban J connectivity index is 1.91. The van der Waals surface area contributed by atoms with Crippen LogP contribution in [-0.4, -0.2) is 42.6 Å². The first kappa shape index (κ1) is 24.9. The fourth-order valence-electron chi connectivity index (χ4n) is 4.26. The highest BCUT2D eigenvalue weighted by atomic mass is 35.5. The third-order valence-corrected chi connectivity index (χ3v) is 7.43. The molecular formula is C27H29ClN4O2S. The number of hydrogen-bond donors (Lipinski definition) is 0. The minimum absolute atomic E-state index is 0.107. The first-order valence-electron chi connectivity index (χ1n) is 11.6. The lowest BCUT2D eigenvalue weighted by Gasteiger charge is -2.29. The number of halogens is 1. The monoisotopic (exact) mass is 508 g/mol. The summed E-state index contributed by atoms with van der Waals surface area (Å²) in [5.41, 5.74) is 3.82. The second-order valence-electron chi connectivity index (χ2n) is 8.60. The van der Waals surface area contributed by atoms with Crippen LogP contribution in [0.2, 0.25) is 5.02 Å². The number of amides is 1. The van der Waals surface area contributed by atoms with Crippen molar-refractivity contribution in [3.05, 3.63) is 95.6 Å². The van der Waals surface area contributed by atoms with Crippen LogP contribution in [0, 0.1) is 0 Å². The van der Waals surface area contributed by atoms with Crippen LogP contribution in [0.25, 0.3) is 6.08 Å². The Morgan fingerprint density at radius 3 is 2.29 bits per heavy atom. The van der Waals surface area contributed by atoms with Gasteiger partial charge < -0.3 is 9.80 Å². The molecule has 8 heteroatoms. The van der Waals surface area contributed by atoms with Crippen LogP contribution in [0.15, 0.2) is 69.6 Å². The number of thiazole rings is 1. The molecule has 0 unspecified atom stereocenters. The summed E-state index contributed by atoms with van der Waals surface area (Å²) < 4.78 is 2.22. The number of allylic oxidation sites excluding steroid dienone is 1. The fourth-order valence-corrected chi connectivity index (χ4v) is 5.43. The second kappa shape index (κ2) is 10.2. The third-order valence-electron chi connectivity index (χ3n) is 6.20. The third kappa shape index (κ3) is 4.83. The molecule has 1 aliphatic heterocycles. The van der Waals surface area contributed by atoms with Gasteiger partial charge in [-0.2, -0.15) is 0 Å². The number of aromatic nitrogens is 1. The van der Waals surface area contributed by atoms with Crippen molar-refractivity contribution in [3.63, 3.8) is 0 Å². The van der Waals surface area contributed by atoms with Gasteiger partial charge in [0.1, 0.15) is 0 Å². The van der Waals surface area contributed by atoms with E-state index in [1.165, 1.54) is 11.3 Å². The Morgan fingerprint density at radius 2 is 1.71 bits per heavy atom. The van der Waals surface area contributed by atoms with Crippen LogP contribution < -0.4 is 19.8 Å². The molecule has 2 aromatic carbocycles. The van der Waals surface area contributed by atoms with Crippen LogP contribution in [0.5, 0.6) is 0 Å². The van der Waals surface area contributed by atoms with Gasteiger partial charge in [-0.05, 0) is 62.2 Å². The van der Waals surface area contributed by atoms with E-state index < -0.39 is 6.04 Å². The molecule has 6 nitrogen and oxygen atoms in total. The molecule has 1 aromatic heterocycles. The zero-order valence-electron chi connectivity index (χ0n) is 20.6. The highest BCUT2D eigenvalue weighted by Crippen LogP contribution is 2.31. The van der Waals surface area contributed by atoms with Crippen LogP contribution in [0.4, 0.5) is 5.69 Å². The van der Waals surface area contributed by atoms with E-state index in [-0.39, 0.29) is 11.5 Å². The molecule has 4 rings (SSSR count). The van der Waals surface area contributed by atoms with Crippen LogP contribution in [0.3, 0.4) is 0 Å². The smallest absolute Gasteiger partial charge is 0.271 e. The molecule has 0 N–H and O–H groups in total. The number of benzene rings is 2. The Morgan fingerprint density at radius 1 is 1.09 bits per heavy atom. The number of nitrogens with zero attached hydrogens (tertiary/aromatic N) is 4. The summed E-state index contributed by atoms with van der Waals surface area (Å²) in [4.78, 5) is 36.4. The van der Waals surface area contributed by atoms with E-state index in [1.54, 1.807) is 21.6 Å². The molecule has 0 spiro atoms. The highest BCUT2D eigenvalue weighted by Gasteiger charge is 2.34. The van der Waals surface area contributed by atoms with Gasteiger partial charge in [0, 0.05) is 37.9 Å². The van der Waals surface area contributed by atoms with Gasteiger partial charge in [0.2, 0.25) is 0 Å². The van der Waals surface area contributed by atoms with Gasteiger partial charge in [-0.1, -0.05) is 47.2 Å². The molecule has 0 fully saturated rings.